The molecule has 0 fully saturated rings. The molecular formula is C13H25N3O2. The van der Waals surface area contributed by atoms with E-state index in [0.29, 0.717) is 6.10 Å². The minimum absolute atomic E-state index is 0.311. The van der Waals surface area contributed by atoms with E-state index in [-0.39, 0.29) is 0 Å². The molecule has 0 amide bonds. The van der Waals surface area contributed by atoms with Crippen molar-refractivity contribution in [2.24, 2.45) is 7.05 Å². The van der Waals surface area contributed by atoms with E-state index in [9.17, 15) is 0 Å². The highest BCUT2D eigenvalue weighted by Crippen LogP contribution is 2.20. The van der Waals surface area contributed by atoms with Gasteiger partial charge in [0.15, 0.2) is 0 Å². The Morgan fingerprint density at radius 2 is 2.11 bits per heavy atom. The van der Waals surface area contributed by atoms with Crippen molar-refractivity contribution in [2.75, 3.05) is 20.3 Å². The summed E-state index contributed by atoms with van der Waals surface area (Å²) >= 11 is 0. The van der Waals surface area contributed by atoms with Crippen LogP contribution in [0.5, 0.6) is 5.88 Å². The quantitative estimate of drug-likeness (QED) is 0.717. The third-order valence-corrected chi connectivity index (χ3v) is 2.73. The first-order valence-electron chi connectivity index (χ1n) is 6.45. The molecule has 1 heterocycles. The summed E-state index contributed by atoms with van der Waals surface area (Å²) in [6, 6.07) is 0. The van der Waals surface area contributed by atoms with Crippen LogP contribution in [0.25, 0.3) is 0 Å². The van der Waals surface area contributed by atoms with Crippen molar-refractivity contribution >= 4 is 0 Å². The number of aryl methyl sites for hydroxylation is 2. The van der Waals surface area contributed by atoms with Crippen LogP contribution in [0.2, 0.25) is 0 Å². The summed E-state index contributed by atoms with van der Waals surface area (Å²) in [5, 5.41) is 7.74. The van der Waals surface area contributed by atoms with Gasteiger partial charge in [0.25, 0.3) is 0 Å². The Labute approximate surface area is 109 Å². The zero-order chi connectivity index (χ0) is 13.5. The van der Waals surface area contributed by atoms with E-state index in [0.717, 1.165) is 43.3 Å². The lowest BCUT2D eigenvalue weighted by Gasteiger charge is -2.09. The van der Waals surface area contributed by atoms with E-state index in [1.807, 2.05) is 14.0 Å². The Morgan fingerprint density at radius 1 is 1.39 bits per heavy atom. The molecule has 5 heteroatoms. The zero-order valence-electron chi connectivity index (χ0n) is 12.1. The maximum Gasteiger partial charge on any atom is 0.216 e. The van der Waals surface area contributed by atoms with E-state index in [1.165, 1.54) is 0 Å². The molecule has 1 rings (SSSR count). The molecule has 0 atom stereocenters. The smallest absolute Gasteiger partial charge is 0.216 e. The van der Waals surface area contributed by atoms with Crippen LogP contribution in [0.3, 0.4) is 0 Å². The first-order chi connectivity index (χ1) is 8.56. The Kier molecular flexibility index (Phi) is 6.15. The van der Waals surface area contributed by atoms with Crippen LogP contribution in [0.4, 0.5) is 0 Å². The average Bonchev–Trinajstić information content (AvgIpc) is 2.57. The molecule has 1 N–H and O–H groups in total. The van der Waals surface area contributed by atoms with E-state index in [4.69, 9.17) is 9.47 Å². The Hall–Kier alpha value is -1.07. The number of hydrogen-bond donors (Lipinski definition) is 1. The molecule has 0 aliphatic rings. The fourth-order valence-corrected chi connectivity index (χ4v) is 1.87. The lowest BCUT2D eigenvalue weighted by molar-refractivity contribution is 0.0770. The Bertz CT molecular complexity index is 361. The predicted molar refractivity (Wildman–Crippen MR) is 71.9 cm³/mol. The number of aromatic nitrogens is 2. The van der Waals surface area contributed by atoms with E-state index in [2.05, 4.69) is 24.3 Å². The third-order valence-electron chi connectivity index (χ3n) is 2.73. The van der Waals surface area contributed by atoms with Gasteiger partial charge < -0.3 is 14.8 Å². The fourth-order valence-electron chi connectivity index (χ4n) is 1.87. The molecule has 0 spiro atoms. The maximum absolute atomic E-state index is 5.49. The van der Waals surface area contributed by atoms with Gasteiger partial charge in [0.1, 0.15) is 0 Å². The van der Waals surface area contributed by atoms with Crippen molar-refractivity contribution in [1.29, 1.82) is 0 Å². The standard InChI is InChI=1S/C13H25N3O2/c1-10(2)18-8-6-7-14-9-12-11(3)15-16(4)13(12)17-5/h10,14H,6-9H2,1-5H3. The van der Waals surface area contributed by atoms with Crippen LogP contribution >= 0.6 is 0 Å². The minimum atomic E-state index is 0.311. The van der Waals surface area contributed by atoms with Crippen molar-refractivity contribution in [2.45, 2.75) is 39.8 Å². The minimum Gasteiger partial charge on any atom is -0.481 e. The summed E-state index contributed by atoms with van der Waals surface area (Å²) in [5.74, 6) is 0.832. The number of ether oxygens (including phenoxy) is 2. The second-order valence-corrected chi connectivity index (χ2v) is 4.65. The SMILES string of the molecule is COc1c(CNCCCOC(C)C)c(C)nn1C. The maximum atomic E-state index is 5.49. The lowest BCUT2D eigenvalue weighted by Crippen LogP contribution is -2.18. The van der Waals surface area contributed by atoms with E-state index in [1.54, 1.807) is 11.8 Å². The van der Waals surface area contributed by atoms with Crippen LogP contribution < -0.4 is 10.1 Å². The van der Waals surface area contributed by atoms with Crippen molar-refractivity contribution in [1.82, 2.24) is 15.1 Å². The van der Waals surface area contributed by atoms with Gasteiger partial charge in [-0.3, -0.25) is 0 Å². The molecule has 5 nitrogen and oxygen atoms in total. The number of methoxy groups -OCH3 is 1. The van der Waals surface area contributed by atoms with Gasteiger partial charge in [-0.1, -0.05) is 0 Å². The Balaban J connectivity index is 2.31. The monoisotopic (exact) mass is 255 g/mol. The molecule has 18 heavy (non-hydrogen) atoms. The predicted octanol–water partition coefficient (Wildman–Crippen LogP) is 1.64. The average molecular weight is 255 g/mol. The summed E-state index contributed by atoms with van der Waals surface area (Å²) < 4.78 is 12.6. The van der Waals surface area contributed by atoms with Gasteiger partial charge in [-0.25, -0.2) is 4.68 Å². The van der Waals surface area contributed by atoms with Gasteiger partial charge in [0.2, 0.25) is 5.88 Å². The molecule has 0 bridgehead atoms. The summed E-state index contributed by atoms with van der Waals surface area (Å²) in [6.45, 7) is 8.62. The van der Waals surface area contributed by atoms with Gasteiger partial charge in [-0.2, -0.15) is 5.10 Å². The number of rotatable bonds is 8. The summed E-state index contributed by atoms with van der Waals surface area (Å²) in [6.07, 6.45) is 1.32. The normalized spacial score (nSPS) is 11.2. The molecule has 1 aromatic heterocycles. The number of hydrogen-bond acceptors (Lipinski definition) is 4. The van der Waals surface area contributed by atoms with Gasteiger partial charge in [0.05, 0.1) is 24.5 Å². The van der Waals surface area contributed by atoms with Crippen LogP contribution in [0.15, 0.2) is 0 Å². The topological polar surface area (TPSA) is 48.3 Å². The molecular weight excluding hydrogens is 230 g/mol. The van der Waals surface area contributed by atoms with Gasteiger partial charge in [-0.05, 0) is 33.7 Å². The second kappa shape index (κ2) is 7.38. The Morgan fingerprint density at radius 3 is 2.72 bits per heavy atom. The molecule has 0 saturated carbocycles. The fraction of sp³-hybridized carbons (Fsp3) is 0.769. The third kappa shape index (κ3) is 4.31. The number of nitrogens with zero attached hydrogens (tertiary/aromatic N) is 2. The van der Waals surface area contributed by atoms with Crippen LogP contribution in [0.1, 0.15) is 31.5 Å². The molecule has 0 aliphatic carbocycles. The lowest BCUT2D eigenvalue weighted by atomic mass is 10.2. The van der Waals surface area contributed by atoms with Gasteiger partial charge >= 0.3 is 0 Å². The zero-order valence-corrected chi connectivity index (χ0v) is 12.1. The molecule has 0 aliphatic heterocycles. The molecule has 0 aromatic carbocycles. The van der Waals surface area contributed by atoms with Crippen LogP contribution in [-0.4, -0.2) is 36.1 Å². The summed E-state index contributed by atoms with van der Waals surface area (Å²) in [4.78, 5) is 0. The molecule has 0 saturated heterocycles. The van der Waals surface area contributed by atoms with Gasteiger partial charge in [-0.15, -0.1) is 0 Å². The van der Waals surface area contributed by atoms with Crippen LogP contribution in [-0.2, 0) is 18.3 Å². The van der Waals surface area contributed by atoms with Crippen molar-refractivity contribution in [3.8, 4) is 5.88 Å². The highest BCUT2D eigenvalue weighted by molar-refractivity contribution is 5.30. The largest absolute Gasteiger partial charge is 0.481 e. The summed E-state index contributed by atoms with van der Waals surface area (Å²) in [7, 11) is 3.57. The van der Waals surface area contributed by atoms with Crippen LogP contribution in [0, 0.1) is 6.92 Å². The molecule has 1 aromatic rings. The van der Waals surface area contributed by atoms with Gasteiger partial charge in [0, 0.05) is 20.2 Å². The second-order valence-electron chi connectivity index (χ2n) is 4.65. The molecule has 104 valence electrons. The molecule has 0 radical (unpaired) electrons. The molecule has 0 unspecified atom stereocenters. The van der Waals surface area contributed by atoms with E-state index < -0.39 is 0 Å². The van der Waals surface area contributed by atoms with Crippen molar-refractivity contribution < 1.29 is 9.47 Å². The summed E-state index contributed by atoms with van der Waals surface area (Å²) in [5.41, 5.74) is 2.14. The van der Waals surface area contributed by atoms with Crippen molar-refractivity contribution in [3.05, 3.63) is 11.3 Å². The van der Waals surface area contributed by atoms with Crippen molar-refractivity contribution in [3.63, 3.8) is 0 Å². The highest BCUT2D eigenvalue weighted by Gasteiger charge is 2.12. The first kappa shape index (κ1) is 15.0. The van der Waals surface area contributed by atoms with E-state index >= 15 is 0 Å². The highest BCUT2D eigenvalue weighted by atomic mass is 16.5. The number of nitrogens with one attached hydrogen (secondary N) is 1. The first-order valence-corrected chi connectivity index (χ1v) is 6.45.